The molecule has 0 atom stereocenters. The largest absolute Gasteiger partial charge is 0.379 e. The van der Waals surface area contributed by atoms with E-state index in [0.717, 1.165) is 12.1 Å². The molecule has 0 bridgehead atoms. The third-order valence-corrected chi connectivity index (χ3v) is 3.52. The van der Waals surface area contributed by atoms with Gasteiger partial charge in [0.1, 0.15) is 5.69 Å². The molecule has 0 aliphatic carbocycles. The molecule has 2 N–H and O–H groups in total. The molecule has 0 aromatic heterocycles. The second-order valence-corrected chi connectivity index (χ2v) is 5.42. The molecule has 0 aliphatic rings. The Bertz CT molecular complexity index is 558. The van der Waals surface area contributed by atoms with Gasteiger partial charge in [-0.2, -0.15) is 5.26 Å². The maximum Gasteiger partial charge on any atom is 0.213 e. The van der Waals surface area contributed by atoms with Gasteiger partial charge in [0.05, 0.1) is 17.4 Å². The molecule has 1 aromatic carbocycles. The number of hydrogen-bond acceptors (Lipinski definition) is 4. The van der Waals surface area contributed by atoms with Crippen LogP contribution in [0.15, 0.2) is 12.1 Å². The molecule has 0 amide bonds. The van der Waals surface area contributed by atoms with E-state index in [1.54, 1.807) is 6.07 Å². The molecule has 5 nitrogen and oxygen atoms in total. The van der Waals surface area contributed by atoms with Crippen LogP contribution in [0.3, 0.4) is 0 Å². The zero-order valence-corrected chi connectivity index (χ0v) is 10.3. The summed E-state index contributed by atoms with van der Waals surface area (Å²) in [5.41, 5.74) is -0.585. The number of nitriles is 1. The summed E-state index contributed by atoms with van der Waals surface area (Å²) in [6.45, 7) is -0.150. The van der Waals surface area contributed by atoms with E-state index >= 15 is 0 Å². The molecule has 0 aliphatic heterocycles. The molecule has 0 radical (unpaired) electrons. The summed E-state index contributed by atoms with van der Waals surface area (Å²) in [4.78, 5) is 0. The van der Waals surface area contributed by atoms with Crippen LogP contribution in [0.25, 0.3) is 0 Å². The Morgan fingerprint density at radius 2 is 1.89 bits per heavy atom. The van der Waals surface area contributed by atoms with E-state index in [4.69, 9.17) is 5.26 Å². The van der Waals surface area contributed by atoms with Gasteiger partial charge in [-0.05, 0) is 19.2 Å². The average molecular weight is 275 g/mol. The van der Waals surface area contributed by atoms with Crippen LogP contribution < -0.4 is 10.0 Å². The summed E-state index contributed by atoms with van der Waals surface area (Å²) in [6.07, 6.45) is 0. The number of rotatable bonds is 5. The molecule has 1 rings (SSSR count). The van der Waals surface area contributed by atoms with Gasteiger partial charge in [-0.3, -0.25) is 0 Å². The minimum Gasteiger partial charge on any atom is -0.379 e. The topological polar surface area (TPSA) is 82.0 Å². The molecule has 18 heavy (non-hydrogen) atoms. The molecule has 8 heteroatoms. The van der Waals surface area contributed by atoms with Crippen molar-refractivity contribution in [3.8, 4) is 6.07 Å². The minimum absolute atomic E-state index is 0.140. The van der Waals surface area contributed by atoms with E-state index in [0.29, 0.717) is 0 Å². The summed E-state index contributed by atoms with van der Waals surface area (Å²) >= 11 is 0. The van der Waals surface area contributed by atoms with Crippen molar-refractivity contribution in [2.24, 2.45) is 0 Å². The molecule has 1 aromatic rings. The van der Waals surface area contributed by atoms with Crippen LogP contribution in [0.1, 0.15) is 5.56 Å². The lowest BCUT2D eigenvalue weighted by Gasteiger charge is -2.09. The minimum atomic E-state index is -3.44. The molecule has 0 heterocycles. The van der Waals surface area contributed by atoms with Crippen molar-refractivity contribution in [2.45, 2.75) is 0 Å². The average Bonchev–Trinajstić information content (AvgIpc) is 2.32. The number of hydrogen-bond donors (Lipinski definition) is 2. The molecular weight excluding hydrogens is 264 g/mol. The first-order valence-corrected chi connectivity index (χ1v) is 6.59. The first-order chi connectivity index (χ1) is 8.39. The first kappa shape index (κ1) is 14.3. The fourth-order valence-electron chi connectivity index (χ4n) is 1.22. The highest BCUT2D eigenvalue weighted by Gasteiger charge is 2.12. The zero-order valence-electron chi connectivity index (χ0n) is 9.50. The molecule has 0 spiro atoms. The maximum absolute atomic E-state index is 13.4. The van der Waals surface area contributed by atoms with Gasteiger partial charge in [0, 0.05) is 6.54 Å². The van der Waals surface area contributed by atoms with Gasteiger partial charge < -0.3 is 5.32 Å². The summed E-state index contributed by atoms with van der Waals surface area (Å²) in [5, 5.41) is 10.8. The summed E-state index contributed by atoms with van der Waals surface area (Å²) in [7, 11) is -2.19. The predicted molar refractivity (Wildman–Crippen MR) is 62.4 cm³/mol. The lowest BCUT2D eigenvalue weighted by Crippen LogP contribution is -2.26. The number of nitrogens with zero attached hydrogens (tertiary/aromatic N) is 1. The smallest absolute Gasteiger partial charge is 0.213 e. The fraction of sp³-hybridized carbons (Fsp3) is 0.300. The molecular formula is C10H11F2N3O2S. The number of nitrogens with one attached hydrogen (secondary N) is 2. The van der Waals surface area contributed by atoms with E-state index in [-0.39, 0.29) is 17.9 Å². The van der Waals surface area contributed by atoms with Crippen LogP contribution in [0.5, 0.6) is 0 Å². The van der Waals surface area contributed by atoms with Crippen LogP contribution in [0.4, 0.5) is 14.5 Å². The van der Waals surface area contributed by atoms with Crippen LogP contribution in [-0.4, -0.2) is 27.8 Å². The van der Waals surface area contributed by atoms with Crippen molar-refractivity contribution in [1.29, 1.82) is 5.26 Å². The van der Waals surface area contributed by atoms with Crippen molar-refractivity contribution in [3.05, 3.63) is 29.3 Å². The van der Waals surface area contributed by atoms with Crippen LogP contribution in [-0.2, 0) is 10.0 Å². The molecule has 0 unspecified atom stereocenters. The number of benzene rings is 1. The van der Waals surface area contributed by atoms with Crippen molar-refractivity contribution < 1.29 is 17.2 Å². The highest BCUT2D eigenvalue weighted by molar-refractivity contribution is 7.89. The monoisotopic (exact) mass is 275 g/mol. The number of sulfonamides is 1. The van der Waals surface area contributed by atoms with E-state index in [1.165, 1.54) is 7.05 Å². The standard InChI is InChI=1S/C10H11F2N3O2S/c1-14-18(16,17)3-2-15-10-8(11)4-7(6-13)5-9(10)12/h4-5,14-15H,2-3H2,1H3. The lowest BCUT2D eigenvalue weighted by atomic mass is 10.2. The van der Waals surface area contributed by atoms with E-state index < -0.39 is 27.3 Å². The van der Waals surface area contributed by atoms with Gasteiger partial charge in [0.25, 0.3) is 0 Å². The highest BCUT2D eigenvalue weighted by atomic mass is 32.2. The van der Waals surface area contributed by atoms with E-state index in [9.17, 15) is 17.2 Å². The highest BCUT2D eigenvalue weighted by Crippen LogP contribution is 2.20. The van der Waals surface area contributed by atoms with Gasteiger partial charge >= 0.3 is 0 Å². The lowest BCUT2D eigenvalue weighted by molar-refractivity contribution is 0.582. The van der Waals surface area contributed by atoms with Crippen molar-refractivity contribution >= 4 is 15.7 Å². The quantitative estimate of drug-likeness (QED) is 0.832. The van der Waals surface area contributed by atoms with E-state index in [1.807, 2.05) is 0 Å². The Labute approximate surface area is 103 Å². The first-order valence-electron chi connectivity index (χ1n) is 4.94. The fourth-order valence-corrected chi connectivity index (χ4v) is 1.79. The zero-order chi connectivity index (χ0) is 13.8. The van der Waals surface area contributed by atoms with E-state index in [2.05, 4.69) is 10.0 Å². The van der Waals surface area contributed by atoms with Gasteiger partial charge in [-0.25, -0.2) is 21.9 Å². The normalized spacial score (nSPS) is 11.0. The van der Waals surface area contributed by atoms with Crippen LogP contribution in [0, 0.1) is 23.0 Å². The van der Waals surface area contributed by atoms with Crippen LogP contribution >= 0.6 is 0 Å². The molecule has 0 fully saturated rings. The van der Waals surface area contributed by atoms with Crippen molar-refractivity contribution in [1.82, 2.24) is 4.72 Å². The van der Waals surface area contributed by atoms with Gasteiger partial charge in [-0.15, -0.1) is 0 Å². The Morgan fingerprint density at radius 3 is 2.33 bits per heavy atom. The Balaban J connectivity index is 2.78. The second kappa shape index (κ2) is 5.75. The maximum atomic E-state index is 13.4. The Kier molecular flexibility index (Phi) is 4.58. The third kappa shape index (κ3) is 3.65. The van der Waals surface area contributed by atoms with Crippen molar-refractivity contribution in [3.63, 3.8) is 0 Å². The second-order valence-electron chi connectivity index (χ2n) is 3.38. The summed E-state index contributed by atoms with van der Waals surface area (Å²) in [5.74, 6) is -2.19. The predicted octanol–water partition coefficient (Wildman–Crippen LogP) is 0.798. The van der Waals surface area contributed by atoms with Gasteiger partial charge in [-0.1, -0.05) is 0 Å². The number of halogens is 2. The SMILES string of the molecule is CNS(=O)(=O)CCNc1c(F)cc(C#N)cc1F. The van der Waals surface area contributed by atoms with Crippen LogP contribution in [0.2, 0.25) is 0 Å². The third-order valence-electron chi connectivity index (χ3n) is 2.15. The van der Waals surface area contributed by atoms with Gasteiger partial charge in [0.15, 0.2) is 11.6 Å². The summed E-state index contributed by atoms with van der Waals surface area (Å²) < 4.78 is 51.0. The molecule has 0 saturated heterocycles. The van der Waals surface area contributed by atoms with Gasteiger partial charge in [0.2, 0.25) is 10.0 Å². The molecule has 0 saturated carbocycles. The number of anilines is 1. The summed E-state index contributed by atoms with van der Waals surface area (Å²) in [6, 6.07) is 3.36. The Hall–Kier alpha value is -1.72. The van der Waals surface area contributed by atoms with Crippen molar-refractivity contribution in [2.75, 3.05) is 24.7 Å². The Morgan fingerprint density at radius 1 is 1.33 bits per heavy atom. The molecule has 98 valence electrons.